The topological polar surface area (TPSA) is 32.7 Å². The van der Waals surface area contributed by atoms with Crippen LogP contribution in [0.1, 0.15) is 19.3 Å². The molecule has 0 bridgehead atoms. The molecule has 3 nitrogen and oxygen atoms in total. The van der Waals surface area contributed by atoms with Crippen LogP contribution in [0.3, 0.4) is 0 Å². The van der Waals surface area contributed by atoms with Crippen LogP contribution in [-0.2, 0) is 4.74 Å². The molecule has 1 unspecified atom stereocenters. The molecule has 0 spiro atoms. The number of rotatable bonds is 3. The highest BCUT2D eigenvalue weighted by Gasteiger charge is 2.14. The summed E-state index contributed by atoms with van der Waals surface area (Å²) in [5.41, 5.74) is 0. The van der Waals surface area contributed by atoms with Crippen LogP contribution in [0, 0.1) is 0 Å². The summed E-state index contributed by atoms with van der Waals surface area (Å²) in [6.07, 6.45) is 3.69. The normalized spacial score (nSPS) is 26.1. The van der Waals surface area contributed by atoms with Gasteiger partial charge in [0.25, 0.3) is 0 Å². The fourth-order valence-electron chi connectivity index (χ4n) is 1.20. The highest BCUT2D eigenvalue weighted by molar-refractivity contribution is 4.64. The van der Waals surface area contributed by atoms with Crippen molar-refractivity contribution in [1.82, 2.24) is 5.06 Å². The molecule has 0 aromatic carbocycles. The van der Waals surface area contributed by atoms with Gasteiger partial charge < -0.3 is 9.94 Å². The average Bonchev–Trinajstić information content (AvgIpc) is 2.34. The van der Waals surface area contributed by atoms with Crippen LogP contribution in [0.2, 0.25) is 0 Å². The average molecular weight is 145 g/mol. The Morgan fingerprint density at radius 3 is 3.00 bits per heavy atom. The summed E-state index contributed by atoms with van der Waals surface area (Å²) in [4.78, 5) is 0. The fourth-order valence-corrected chi connectivity index (χ4v) is 1.20. The standard InChI is InChI=1S/C7H15NO2/c1-8(9)5-4-7-3-2-6-10-7/h7,9H,2-6H2,1H3. The molecule has 10 heavy (non-hydrogen) atoms. The minimum absolute atomic E-state index is 0.398. The first kappa shape index (κ1) is 7.98. The zero-order valence-corrected chi connectivity index (χ0v) is 6.42. The predicted octanol–water partition coefficient (Wildman–Crippen LogP) is 0.877. The van der Waals surface area contributed by atoms with Gasteiger partial charge in [-0.05, 0) is 19.3 Å². The van der Waals surface area contributed by atoms with Crippen molar-refractivity contribution in [2.75, 3.05) is 20.2 Å². The molecule has 1 N–H and O–H groups in total. The SMILES string of the molecule is CN(O)CCC1CCCO1. The van der Waals surface area contributed by atoms with E-state index in [1.54, 1.807) is 7.05 Å². The molecular formula is C7H15NO2. The van der Waals surface area contributed by atoms with Crippen LogP contribution in [0.25, 0.3) is 0 Å². The van der Waals surface area contributed by atoms with Crippen LogP contribution in [0.15, 0.2) is 0 Å². The van der Waals surface area contributed by atoms with E-state index >= 15 is 0 Å². The summed E-state index contributed by atoms with van der Waals surface area (Å²) >= 11 is 0. The lowest BCUT2D eigenvalue weighted by atomic mass is 10.2. The molecule has 0 aromatic heterocycles. The molecule has 0 saturated carbocycles. The molecule has 0 aliphatic carbocycles. The monoisotopic (exact) mass is 145 g/mol. The number of hydrogen-bond donors (Lipinski definition) is 1. The van der Waals surface area contributed by atoms with Gasteiger partial charge in [0.15, 0.2) is 0 Å². The molecule has 1 rings (SSSR count). The molecule has 1 saturated heterocycles. The first-order valence-electron chi connectivity index (χ1n) is 3.80. The third-order valence-corrected chi connectivity index (χ3v) is 1.80. The summed E-state index contributed by atoms with van der Waals surface area (Å²) in [5.74, 6) is 0. The van der Waals surface area contributed by atoms with Gasteiger partial charge in [0.05, 0.1) is 6.10 Å². The summed E-state index contributed by atoms with van der Waals surface area (Å²) in [5, 5.41) is 10.0. The van der Waals surface area contributed by atoms with E-state index in [1.165, 1.54) is 11.5 Å². The molecule has 0 radical (unpaired) electrons. The van der Waals surface area contributed by atoms with Crippen molar-refractivity contribution in [2.45, 2.75) is 25.4 Å². The Labute approximate surface area is 61.5 Å². The third kappa shape index (κ3) is 2.64. The molecule has 3 heteroatoms. The van der Waals surface area contributed by atoms with Crippen LogP contribution in [0.4, 0.5) is 0 Å². The van der Waals surface area contributed by atoms with E-state index in [0.717, 1.165) is 19.4 Å². The number of nitrogens with zero attached hydrogens (tertiary/aromatic N) is 1. The maximum absolute atomic E-state index is 8.79. The van der Waals surface area contributed by atoms with Gasteiger partial charge in [0.2, 0.25) is 0 Å². The Kier molecular flexibility index (Phi) is 3.12. The maximum atomic E-state index is 8.79. The van der Waals surface area contributed by atoms with E-state index in [0.29, 0.717) is 12.6 Å². The first-order valence-corrected chi connectivity index (χ1v) is 3.80. The van der Waals surface area contributed by atoms with E-state index in [9.17, 15) is 0 Å². The van der Waals surface area contributed by atoms with Crippen LogP contribution >= 0.6 is 0 Å². The van der Waals surface area contributed by atoms with Gasteiger partial charge in [-0.25, -0.2) is 0 Å². The molecule has 0 aromatic rings. The summed E-state index contributed by atoms with van der Waals surface area (Å²) in [6, 6.07) is 0. The maximum Gasteiger partial charge on any atom is 0.0589 e. The third-order valence-electron chi connectivity index (χ3n) is 1.80. The van der Waals surface area contributed by atoms with Crippen molar-refractivity contribution in [3.05, 3.63) is 0 Å². The second-order valence-corrected chi connectivity index (χ2v) is 2.80. The van der Waals surface area contributed by atoms with E-state index < -0.39 is 0 Å². The van der Waals surface area contributed by atoms with Gasteiger partial charge >= 0.3 is 0 Å². The summed E-state index contributed by atoms with van der Waals surface area (Å²) < 4.78 is 5.37. The van der Waals surface area contributed by atoms with Crippen LogP contribution < -0.4 is 0 Å². The molecule has 1 heterocycles. The van der Waals surface area contributed by atoms with Gasteiger partial charge in [-0.2, -0.15) is 5.06 Å². The Morgan fingerprint density at radius 2 is 2.50 bits per heavy atom. The quantitative estimate of drug-likeness (QED) is 0.598. The molecule has 1 aliphatic heterocycles. The molecular weight excluding hydrogens is 130 g/mol. The Morgan fingerprint density at radius 1 is 1.70 bits per heavy atom. The lowest BCUT2D eigenvalue weighted by Crippen LogP contribution is -2.19. The van der Waals surface area contributed by atoms with E-state index in [1.807, 2.05) is 0 Å². The highest BCUT2D eigenvalue weighted by Crippen LogP contribution is 2.14. The van der Waals surface area contributed by atoms with E-state index in [2.05, 4.69) is 0 Å². The van der Waals surface area contributed by atoms with Crippen LogP contribution in [-0.4, -0.2) is 36.6 Å². The second-order valence-electron chi connectivity index (χ2n) is 2.80. The van der Waals surface area contributed by atoms with Gasteiger partial charge in [0.1, 0.15) is 0 Å². The lowest BCUT2D eigenvalue weighted by Gasteiger charge is -2.11. The van der Waals surface area contributed by atoms with Gasteiger partial charge in [0, 0.05) is 20.2 Å². The Hall–Kier alpha value is -0.120. The minimum Gasteiger partial charge on any atom is -0.378 e. The largest absolute Gasteiger partial charge is 0.378 e. The van der Waals surface area contributed by atoms with Crippen molar-refractivity contribution in [2.24, 2.45) is 0 Å². The molecule has 1 aliphatic rings. The van der Waals surface area contributed by atoms with E-state index in [-0.39, 0.29) is 0 Å². The Balaban J connectivity index is 2.01. The summed E-state index contributed by atoms with van der Waals surface area (Å²) in [6.45, 7) is 1.62. The zero-order valence-electron chi connectivity index (χ0n) is 6.42. The molecule has 0 amide bonds. The minimum atomic E-state index is 0.398. The number of ether oxygens (including phenoxy) is 1. The number of hydroxylamine groups is 2. The second kappa shape index (κ2) is 3.91. The van der Waals surface area contributed by atoms with Crippen molar-refractivity contribution < 1.29 is 9.94 Å². The van der Waals surface area contributed by atoms with Gasteiger partial charge in [-0.3, -0.25) is 0 Å². The zero-order chi connectivity index (χ0) is 7.40. The van der Waals surface area contributed by atoms with Crippen molar-refractivity contribution in [1.29, 1.82) is 0 Å². The molecule has 60 valence electrons. The van der Waals surface area contributed by atoms with E-state index in [4.69, 9.17) is 9.94 Å². The molecule has 1 fully saturated rings. The van der Waals surface area contributed by atoms with Crippen molar-refractivity contribution in [3.63, 3.8) is 0 Å². The predicted molar refractivity (Wildman–Crippen MR) is 38.0 cm³/mol. The lowest BCUT2D eigenvalue weighted by molar-refractivity contribution is -0.0731. The van der Waals surface area contributed by atoms with Crippen LogP contribution in [0.5, 0.6) is 0 Å². The summed E-state index contributed by atoms with van der Waals surface area (Å²) in [7, 11) is 1.66. The van der Waals surface area contributed by atoms with Crippen molar-refractivity contribution >= 4 is 0 Å². The highest BCUT2D eigenvalue weighted by atomic mass is 16.5. The Bertz CT molecular complexity index is 89.6. The molecule has 1 atom stereocenters. The smallest absolute Gasteiger partial charge is 0.0589 e. The first-order chi connectivity index (χ1) is 4.79. The fraction of sp³-hybridized carbons (Fsp3) is 1.00. The van der Waals surface area contributed by atoms with Gasteiger partial charge in [-0.1, -0.05) is 0 Å². The number of hydrogen-bond acceptors (Lipinski definition) is 3. The van der Waals surface area contributed by atoms with Gasteiger partial charge in [-0.15, -0.1) is 0 Å². The van der Waals surface area contributed by atoms with Crippen molar-refractivity contribution in [3.8, 4) is 0 Å².